The Balaban J connectivity index is 2.11. The number of ether oxygens (including phenoxy) is 1. The second kappa shape index (κ2) is 7.49. The van der Waals surface area contributed by atoms with Gasteiger partial charge in [0.15, 0.2) is 0 Å². The summed E-state index contributed by atoms with van der Waals surface area (Å²) in [5.41, 5.74) is 5.54. The number of nitrogens with one attached hydrogen (secondary N) is 1. The van der Waals surface area contributed by atoms with E-state index in [1.54, 1.807) is 0 Å². The van der Waals surface area contributed by atoms with Gasteiger partial charge >= 0.3 is 0 Å². The minimum absolute atomic E-state index is 0.413. The molecule has 1 atom stereocenters. The van der Waals surface area contributed by atoms with E-state index < -0.39 is 0 Å². The van der Waals surface area contributed by atoms with Gasteiger partial charge in [-0.25, -0.2) is 0 Å². The van der Waals surface area contributed by atoms with Crippen molar-refractivity contribution < 1.29 is 4.74 Å². The highest BCUT2D eigenvalue weighted by Gasteiger charge is 2.17. The average molecular weight is 273 g/mol. The summed E-state index contributed by atoms with van der Waals surface area (Å²) in [4.78, 5) is 0. The molecule has 1 N–H and O–H groups in total. The molecule has 0 bridgehead atoms. The molecule has 0 fully saturated rings. The number of rotatable bonds is 6. The van der Waals surface area contributed by atoms with Gasteiger partial charge in [0.25, 0.3) is 0 Å². The van der Waals surface area contributed by atoms with Crippen molar-refractivity contribution in [3.05, 3.63) is 46.7 Å². The molecular formula is C18H27NO. The Morgan fingerprint density at radius 3 is 2.55 bits per heavy atom. The van der Waals surface area contributed by atoms with Crippen molar-refractivity contribution >= 4 is 0 Å². The molecule has 1 aliphatic rings. The van der Waals surface area contributed by atoms with E-state index >= 15 is 0 Å². The summed E-state index contributed by atoms with van der Waals surface area (Å²) in [5.74, 6) is 0. The standard InChI is InChI=1S/C18H27NO/c1-4-7-19-18(17-6-5-8-20-13-17)12-16-10-14(2)9-15(3)11-16/h9-11,13,18-19H,4-8,12H2,1-3H3. The molecule has 0 spiro atoms. The lowest BCUT2D eigenvalue weighted by Gasteiger charge is -2.24. The topological polar surface area (TPSA) is 21.3 Å². The third-order valence-corrected chi connectivity index (χ3v) is 3.77. The van der Waals surface area contributed by atoms with Crippen molar-refractivity contribution in [3.63, 3.8) is 0 Å². The second-order valence-electron chi connectivity index (χ2n) is 5.87. The Morgan fingerprint density at radius 2 is 1.95 bits per heavy atom. The smallest absolute Gasteiger partial charge is 0.0876 e. The van der Waals surface area contributed by atoms with Crippen LogP contribution in [0.25, 0.3) is 0 Å². The van der Waals surface area contributed by atoms with Crippen LogP contribution in [0.5, 0.6) is 0 Å². The molecule has 1 aromatic carbocycles. The molecule has 2 heteroatoms. The number of aryl methyl sites for hydroxylation is 2. The summed E-state index contributed by atoms with van der Waals surface area (Å²) in [6.07, 6.45) is 6.50. The van der Waals surface area contributed by atoms with Crippen molar-refractivity contribution in [1.82, 2.24) is 5.32 Å². The Labute approximate surface area is 123 Å². The van der Waals surface area contributed by atoms with Crippen LogP contribution in [0.4, 0.5) is 0 Å². The molecule has 0 saturated carbocycles. The Kier molecular flexibility index (Phi) is 5.66. The van der Waals surface area contributed by atoms with Crippen LogP contribution in [0.15, 0.2) is 30.0 Å². The Hall–Kier alpha value is -1.28. The van der Waals surface area contributed by atoms with E-state index in [0.717, 1.165) is 38.8 Å². The van der Waals surface area contributed by atoms with Crippen LogP contribution in [-0.4, -0.2) is 19.2 Å². The van der Waals surface area contributed by atoms with E-state index in [-0.39, 0.29) is 0 Å². The van der Waals surface area contributed by atoms with Crippen LogP contribution in [0.2, 0.25) is 0 Å². The molecule has 0 aromatic heterocycles. The fourth-order valence-electron chi connectivity index (χ4n) is 2.92. The van der Waals surface area contributed by atoms with Gasteiger partial charge in [0, 0.05) is 6.04 Å². The molecule has 1 aliphatic heterocycles. The molecule has 1 aromatic rings. The van der Waals surface area contributed by atoms with Crippen LogP contribution < -0.4 is 5.32 Å². The summed E-state index contributed by atoms with van der Waals surface area (Å²) >= 11 is 0. The van der Waals surface area contributed by atoms with Gasteiger partial charge in [-0.15, -0.1) is 0 Å². The molecule has 110 valence electrons. The van der Waals surface area contributed by atoms with Gasteiger partial charge in [-0.1, -0.05) is 36.2 Å². The largest absolute Gasteiger partial charge is 0.501 e. The predicted molar refractivity (Wildman–Crippen MR) is 85.0 cm³/mol. The van der Waals surface area contributed by atoms with E-state index in [1.165, 1.54) is 22.3 Å². The molecule has 0 radical (unpaired) electrons. The van der Waals surface area contributed by atoms with Gasteiger partial charge in [0.2, 0.25) is 0 Å². The summed E-state index contributed by atoms with van der Waals surface area (Å²) in [7, 11) is 0. The van der Waals surface area contributed by atoms with Crippen LogP contribution in [0.3, 0.4) is 0 Å². The number of benzene rings is 1. The minimum atomic E-state index is 0.413. The number of hydrogen-bond donors (Lipinski definition) is 1. The monoisotopic (exact) mass is 273 g/mol. The predicted octanol–water partition coefficient (Wildman–Crippen LogP) is 3.91. The average Bonchev–Trinajstić information content (AvgIpc) is 2.43. The normalized spacial score (nSPS) is 16.4. The molecule has 1 unspecified atom stereocenters. The Morgan fingerprint density at radius 1 is 1.20 bits per heavy atom. The second-order valence-corrected chi connectivity index (χ2v) is 5.87. The fourth-order valence-corrected chi connectivity index (χ4v) is 2.92. The lowest BCUT2D eigenvalue weighted by Crippen LogP contribution is -2.34. The zero-order valence-electron chi connectivity index (χ0n) is 13.0. The van der Waals surface area contributed by atoms with Crippen molar-refractivity contribution in [2.75, 3.05) is 13.2 Å². The number of hydrogen-bond acceptors (Lipinski definition) is 2. The van der Waals surface area contributed by atoms with Crippen LogP contribution >= 0.6 is 0 Å². The molecule has 0 aliphatic carbocycles. The van der Waals surface area contributed by atoms with E-state index in [9.17, 15) is 0 Å². The van der Waals surface area contributed by atoms with Gasteiger partial charge in [-0.3, -0.25) is 0 Å². The van der Waals surface area contributed by atoms with Crippen LogP contribution in [-0.2, 0) is 11.2 Å². The maximum absolute atomic E-state index is 5.53. The first kappa shape index (κ1) is 15.1. The zero-order valence-corrected chi connectivity index (χ0v) is 13.0. The third kappa shape index (κ3) is 4.38. The minimum Gasteiger partial charge on any atom is -0.501 e. The van der Waals surface area contributed by atoms with Crippen molar-refractivity contribution in [3.8, 4) is 0 Å². The van der Waals surface area contributed by atoms with E-state index in [2.05, 4.69) is 44.3 Å². The van der Waals surface area contributed by atoms with E-state index in [4.69, 9.17) is 4.74 Å². The maximum Gasteiger partial charge on any atom is 0.0876 e. The summed E-state index contributed by atoms with van der Waals surface area (Å²) in [6.45, 7) is 8.49. The molecular weight excluding hydrogens is 246 g/mol. The molecule has 0 saturated heterocycles. The quantitative estimate of drug-likeness (QED) is 0.848. The lowest BCUT2D eigenvalue weighted by atomic mass is 9.94. The van der Waals surface area contributed by atoms with Gasteiger partial charge in [0.1, 0.15) is 0 Å². The molecule has 2 nitrogen and oxygen atoms in total. The molecule has 2 rings (SSSR count). The van der Waals surface area contributed by atoms with E-state index in [0.29, 0.717) is 6.04 Å². The lowest BCUT2D eigenvalue weighted by molar-refractivity contribution is 0.219. The molecule has 0 amide bonds. The van der Waals surface area contributed by atoms with Gasteiger partial charge < -0.3 is 10.1 Å². The molecule has 1 heterocycles. The SMILES string of the molecule is CCCNC(Cc1cc(C)cc(C)c1)C1=COCCC1. The van der Waals surface area contributed by atoms with Crippen LogP contribution in [0, 0.1) is 13.8 Å². The van der Waals surface area contributed by atoms with Crippen molar-refractivity contribution in [2.45, 2.75) is 52.5 Å². The Bertz CT molecular complexity index is 444. The highest BCUT2D eigenvalue weighted by molar-refractivity contribution is 5.30. The molecule has 20 heavy (non-hydrogen) atoms. The van der Waals surface area contributed by atoms with Gasteiger partial charge in [-0.2, -0.15) is 0 Å². The summed E-state index contributed by atoms with van der Waals surface area (Å²) in [5, 5.41) is 3.68. The van der Waals surface area contributed by atoms with Crippen LogP contribution in [0.1, 0.15) is 42.9 Å². The third-order valence-electron chi connectivity index (χ3n) is 3.77. The fraction of sp³-hybridized carbons (Fsp3) is 0.556. The van der Waals surface area contributed by atoms with Gasteiger partial charge in [-0.05, 0) is 57.2 Å². The van der Waals surface area contributed by atoms with Gasteiger partial charge in [0.05, 0.1) is 12.9 Å². The zero-order chi connectivity index (χ0) is 14.4. The first-order valence-electron chi connectivity index (χ1n) is 7.80. The first-order chi connectivity index (χ1) is 9.69. The highest BCUT2D eigenvalue weighted by atomic mass is 16.5. The summed E-state index contributed by atoms with van der Waals surface area (Å²) < 4.78 is 5.53. The summed E-state index contributed by atoms with van der Waals surface area (Å²) in [6, 6.07) is 7.26. The maximum atomic E-state index is 5.53. The first-order valence-corrected chi connectivity index (χ1v) is 7.80. The van der Waals surface area contributed by atoms with E-state index in [1.807, 2.05) is 6.26 Å². The van der Waals surface area contributed by atoms with Crippen molar-refractivity contribution in [1.29, 1.82) is 0 Å². The van der Waals surface area contributed by atoms with Crippen molar-refractivity contribution in [2.24, 2.45) is 0 Å². The highest BCUT2D eigenvalue weighted by Crippen LogP contribution is 2.20.